The number of benzene rings is 2. The summed E-state index contributed by atoms with van der Waals surface area (Å²) in [5.74, 6) is -0.0800. The van der Waals surface area contributed by atoms with E-state index < -0.39 is 10.0 Å². The Hall–Kier alpha value is -3.43. The molecule has 1 amide bonds. The Balaban J connectivity index is 1.73. The van der Waals surface area contributed by atoms with Crippen LogP contribution >= 0.6 is 0 Å². The van der Waals surface area contributed by atoms with E-state index >= 15 is 0 Å². The third-order valence-electron chi connectivity index (χ3n) is 4.72. The SMILES string of the molecule is COCCOc1ncccc1NC(=O)c1ccc(N(C)S(=O)(=O)c2ccc(C)cc2)cc1. The molecule has 1 aromatic heterocycles. The highest BCUT2D eigenvalue weighted by molar-refractivity contribution is 7.92. The monoisotopic (exact) mass is 455 g/mol. The lowest BCUT2D eigenvalue weighted by Gasteiger charge is -2.20. The van der Waals surface area contributed by atoms with Crippen molar-refractivity contribution >= 4 is 27.3 Å². The number of hydrogen-bond acceptors (Lipinski definition) is 6. The molecule has 0 aliphatic carbocycles. The number of aryl methyl sites for hydroxylation is 1. The Morgan fingerprint density at radius 2 is 1.72 bits per heavy atom. The van der Waals surface area contributed by atoms with Crippen LogP contribution in [0.4, 0.5) is 11.4 Å². The lowest BCUT2D eigenvalue weighted by Crippen LogP contribution is -2.26. The number of anilines is 2. The summed E-state index contributed by atoms with van der Waals surface area (Å²) < 4.78 is 37.4. The van der Waals surface area contributed by atoms with Crippen molar-refractivity contribution < 1.29 is 22.7 Å². The highest BCUT2D eigenvalue weighted by Gasteiger charge is 2.21. The summed E-state index contributed by atoms with van der Waals surface area (Å²) in [5.41, 5.74) is 2.20. The smallest absolute Gasteiger partial charge is 0.264 e. The van der Waals surface area contributed by atoms with Gasteiger partial charge in [0.25, 0.3) is 15.9 Å². The van der Waals surface area contributed by atoms with Crippen molar-refractivity contribution in [2.45, 2.75) is 11.8 Å². The van der Waals surface area contributed by atoms with E-state index in [4.69, 9.17) is 9.47 Å². The highest BCUT2D eigenvalue weighted by atomic mass is 32.2. The molecule has 0 aliphatic rings. The maximum Gasteiger partial charge on any atom is 0.264 e. The zero-order valence-corrected chi connectivity index (χ0v) is 18.9. The fourth-order valence-corrected chi connectivity index (χ4v) is 4.04. The molecule has 0 aliphatic heterocycles. The maximum atomic E-state index is 12.9. The van der Waals surface area contributed by atoms with Gasteiger partial charge in [0.2, 0.25) is 5.88 Å². The highest BCUT2D eigenvalue weighted by Crippen LogP contribution is 2.24. The third-order valence-corrected chi connectivity index (χ3v) is 6.52. The zero-order chi connectivity index (χ0) is 23.1. The van der Waals surface area contributed by atoms with Gasteiger partial charge in [-0.2, -0.15) is 0 Å². The van der Waals surface area contributed by atoms with Crippen LogP contribution in [-0.2, 0) is 14.8 Å². The molecular weight excluding hydrogens is 430 g/mol. The van der Waals surface area contributed by atoms with Crippen molar-refractivity contribution in [3.05, 3.63) is 78.0 Å². The minimum Gasteiger partial charge on any atom is -0.474 e. The van der Waals surface area contributed by atoms with E-state index in [2.05, 4.69) is 10.3 Å². The second kappa shape index (κ2) is 10.3. The van der Waals surface area contributed by atoms with Gasteiger partial charge in [-0.3, -0.25) is 9.10 Å². The van der Waals surface area contributed by atoms with Gasteiger partial charge in [0.15, 0.2) is 0 Å². The second-order valence-corrected chi connectivity index (χ2v) is 8.95. The average Bonchev–Trinajstić information content (AvgIpc) is 2.80. The first-order valence-electron chi connectivity index (χ1n) is 9.86. The van der Waals surface area contributed by atoms with Crippen LogP contribution < -0.4 is 14.4 Å². The first-order valence-corrected chi connectivity index (χ1v) is 11.3. The van der Waals surface area contributed by atoms with Crippen molar-refractivity contribution in [3.63, 3.8) is 0 Å². The predicted molar refractivity (Wildman–Crippen MR) is 123 cm³/mol. The summed E-state index contributed by atoms with van der Waals surface area (Å²) in [6.07, 6.45) is 1.57. The van der Waals surface area contributed by atoms with Gasteiger partial charge < -0.3 is 14.8 Å². The normalized spacial score (nSPS) is 11.1. The van der Waals surface area contributed by atoms with E-state index in [1.807, 2.05) is 6.92 Å². The summed E-state index contributed by atoms with van der Waals surface area (Å²) in [4.78, 5) is 17.0. The number of pyridine rings is 1. The molecule has 0 radical (unpaired) electrons. The molecule has 0 spiro atoms. The molecule has 8 nitrogen and oxygen atoms in total. The van der Waals surface area contributed by atoms with Gasteiger partial charge in [-0.15, -0.1) is 0 Å². The Kier molecular flexibility index (Phi) is 7.45. The average molecular weight is 456 g/mol. The van der Waals surface area contributed by atoms with E-state index in [0.717, 1.165) is 5.56 Å². The zero-order valence-electron chi connectivity index (χ0n) is 18.1. The van der Waals surface area contributed by atoms with E-state index in [9.17, 15) is 13.2 Å². The van der Waals surface area contributed by atoms with Crippen molar-refractivity contribution in [2.24, 2.45) is 0 Å². The largest absolute Gasteiger partial charge is 0.474 e. The maximum absolute atomic E-state index is 12.9. The molecule has 9 heteroatoms. The van der Waals surface area contributed by atoms with E-state index in [-0.39, 0.29) is 10.8 Å². The molecule has 1 heterocycles. The second-order valence-electron chi connectivity index (χ2n) is 6.98. The van der Waals surface area contributed by atoms with Gasteiger partial charge in [-0.05, 0) is 55.5 Å². The third kappa shape index (κ3) is 5.43. The predicted octanol–water partition coefficient (Wildman–Crippen LogP) is 3.49. The van der Waals surface area contributed by atoms with Crippen molar-refractivity contribution in [1.82, 2.24) is 4.98 Å². The Morgan fingerprint density at radius 1 is 1.03 bits per heavy atom. The number of aromatic nitrogens is 1. The van der Waals surface area contributed by atoms with E-state index in [0.29, 0.717) is 36.0 Å². The van der Waals surface area contributed by atoms with Crippen molar-refractivity contribution in [3.8, 4) is 5.88 Å². The summed E-state index contributed by atoms with van der Waals surface area (Å²) in [5, 5.41) is 2.76. The molecule has 1 N–H and O–H groups in total. The fourth-order valence-electron chi connectivity index (χ4n) is 2.85. The number of hydrogen-bond donors (Lipinski definition) is 1. The molecule has 0 bridgehead atoms. The number of nitrogens with zero attached hydrogens (tertiary/aromatic N) is 2. The minimum absolute atomic E-state index is 0.199. The lowest BCUT2D eigenvalue weighted by molar-refractivity contribution is 0.102. The van der Waals surface area contributed by atoms with E-state index in [1.165, 1.54) is 11.4 Å². The first kappa shape index (κ1) is 23.2. The lowest BCUT2D eigenvalue weighted by atomic mass is 10.2. The molecule has 0 saturated carbocycles. The van der Waals surface area contributed by atoms with Gasteiger partial charge in [0, 0.05) is 25.9 Å². The standard InChI is InChI=1S/C23H25N3O5S/c1-17-6-12-20(13-7-17)32(28,29)26(2)19-10-8-18(9-11-19)22(27)25-21-5-4-14-24-23(21)31-16-15-30-3/h4-14H,15-16H2,1-3H3,(H,25,27). The number of amides is 1. The fraction of sp³-hybridized carbons (Fsp3) is 0.217. The number of methoxy groups -OCH3 is 1. The number of rotatable bonds is 9. The minimum atomic E-state index is -3.71. The van der Waals surface area contributed by atoms with Gasteiger partial charge in [-0.1, -0.05) is 17.7 Å². The molecular formula is C23H25N3O5S. The summed E-state index contributed by atoms with van der Waals surface area (Å²) in [6.45, 7) is 2.58. The van der Waals surface area contributed by atoms with Crippen LogP contribution in [0.2, 0.25) is 0 Å². The molecule has 168 valence electrons. The van der Waals surface area contributed by atoms with Crippen molar-refractivity contribution in [2.75, 3.05) is 37.0 Å². The number of ether oxygens (including phenoxy) is 2. The molecule has 3 aromatic rings. The van der Waals surface area contributed by atoms with Gasteiger partial charge in [0.1, 0.15) is 12.3 Å². The molecule has 0 fully saturated rings. The molecule has 2 aromatic carbocycles. The van der Waals surface area contributed by atoms with Crippen LogP contribution in [0.15, 0.2) is 71.8 Å². The topological polar surface area (TPSA) is 97.8 Å². The van der Waals surface area contributed by atoms with Crippen LogP contribution in [0.1, 0.15) is 15.9 Å². The van der Waals surface area contributed by atoms with E-state index in [1.54, 1.807) is 74.0 Å². The number of carbonyl (C=O) groups is 1. The first-order chi connectivity index (χ1) is 15.3. The summed E-state index contributed by atoms with van der Waals surface area (Å²) in [7, 11) is -0.667. The van der Waals surface area contributed by atoms with Gasteiger partial charge >= 0.3 is 0 Å². The molecule has 0 atom stereocenters. The summed E-state index contributed by atoms with van der Waals surface area (Å²) in [6, 6.07) is 16.3. The Labute approximate surface area is 187 Å². The molecule has 3 rings (SSSR count). The molecule has 0 saturated heterocycles. The molecule has 32 heavy (non-hydrogen) atoms. The van der Waals surface area contributed by atoms with Crippen LogP contribution in [0.3, 0.4) is 0 Å². The Morgan fingerprint density at radius 3 is 2.38 bits per heavy atom. The molecule has 0 unspecified atom stereocenters. The van der Waals surface area contributed by atoms with Gasteiger partial charge in [0.05, 0.1) is 17.2 Å². The van der Waals surface area contributed by atoms with Crippen LogP contribution in [-0.4, -0.2) is 46.7 Å². The van der Waals surface area contributed by atoms with Crippen molar-refractivity contribution in [1.29, 1.82) is 0 Å². The van der Waals surface area contributed by atoms with Gasteiger partial charge in [-0.25, -0.2) is 13.4 Å². The Bertz CT molecular complexity index is 1160. The van der Waals surface area contributed by atoms with Crippen LogP contribution in [0.5, 0.6) is 5.88 Å². The summed E-state index contributed by atoms with van der Waals surface area (Å²) >= 11 is 0. The number of nitrogens with one attached hydrogen (secondary N) is 1. The number of sulfonamides is 1. The van der Waals surface area contributed by atoms with Crippen LogP contribution in [0.25, 0.3) is 0 Å². The number of carbonyl (C=O) groups excluding carboxylic acids is 1. The van der Waals surface area contributed by atoms with Crippen LogP contribution in [0, 0.1) is 6.92 Å². The quantitative estimate of drug-likeness (QED) is 0.496.